The third-order valence-corrected chi connectivity index (χ3v) is 19.5. The van der Waals surface area contributed by atoms with Gasteiger partial charge in [-0.05, 0) is 204 Å². The van der Waals surface area contributed by atoms with Gasteiger partial charge in [-0.15, -0.1) is 0 Å². The van der Waals surface area contributed by atoms with E-state index >= 15 is 0 Å². The van der Waals surface area contributed by atoms with Crippen molar-refractivity contribution in [1.82, 2.24) is 9.80 Å². The van der Waals surface area contributed by atoms with Crippen LogP contribution in [-0.4, -0.2) is 22.4 Å². The predicted molar refractivity (Wildman–Crippen MR) is 340 cm³/mol. The van der Waals surface area contributed by atoms with Crippen molar-refractivity contribution in [2.24, 2.45) is 7.05 Å². The summed E-state index contributed by atoms with van der Waals surface area (Å²) >= 11 is 0. The van der Waals surface area contributed by atoms with Gasteiger partial charge < -0.3 is 19.6 Å². The molecule has 1 aromatic heterocycles. The predicted octanol–water partition coefficient (Wildman–Crippen LogP) is 18.5. The number of rotatable bonds is 12. The topological polar surface area (TPSA) is 16.8 Å². The molecule has 8 aromatic carbocycles. The van der Waals surface area contributed by atoms with Crippen molar-refractivity contribution in [3.63, 3.8) is 0 Å². The van der Waals surface area contributed by atoms with E-state index in [2.05, 4.69) is 275 Å². The van der Waals surface area contributed by atoms with E-state index in [4.69, 9.17) is 0 Å². The van der Waals surface area contributed by atoms with E-state index in [1.165, 1.54) is 164 Å². The smallest absolute Gasteiger partial charge is 0.220 e. The maximum Gasteiger partial charge on any atom is 0.220 e. The van der Waals surface area contributed by atoms with Crippen LogP contribution < -0.4 is 14.4 Å². The van der Waals surface area contributed by atoms with Gasteiger partial charge in [0.15, 0.2) is 6.20 Å². The molecular formula is C76H74N5+. The van der Waals surface area contributed by atoms with Crippen LogP contribution >= 0.6 is 0 Å². The van der Waals surface area contributed by atoms with E-state index in [-0.39, 0.29) is 17.9 Å². The van der Waals surface area contributed by atoms with E-state index < -0.39 is 0 Å². The summed E-state index contributed by atoms with van der Waals surface area (Å²) in [6.45, 7) is 16.3. The Morgan fingerprint density at radius 1 is 0.469 bits per heavy atom. The van der Waals surface area contributed by atoms with Crippen molar-refractivity contribution in [3.8, 4) is 55.8 Å². The SMILES string of the molecule is CCC1(CC)C(c2cccc3c2C2N(C)C=CN2c2ccc(-c4cc(C)c(CCCCCc5cc(C)c(-c6ccc(C)c(-c7c8ccccc8cc[n+]7C)c6)cc5C)cc4C)cc2-3)=Cc2cccc3c2C2N(C=CN21)c1ccccc1-3. The first-order valence-electron chi connectivity index (χ1n) is 29.8. The number of aromatic nitrogens is 1. The van der Waals surface area contributed by atoms with Gasteiger partial charge in [0.2, 0.25) is 5.69 Å². The number of unbranched alkanes of at least 4 members (excludes halogenated alkanes) is 2. The van der Waals surface area contributed by atoms with Gasteiger partial charge in [0.1, 0.15) is 19.4 Å². The Morgan fingerprint density at radius 3 is 1.81 bits per heavy atom. The first kappa shape index (κ1) is 50.8. The summed E-state index contributed by atoms with van der Waals surface area (Å²) in [5.74, 6) is 0. The van der Waals surface area contributed by atoms with Gasteiger partial charge in [-0.3, -0.25) is 0 Å². The number of hydrogen-bond donors (Lipinski definition) is 0. The number of fused-ring (bicyclic) bond motifs is 10. The van der Waals surface area contributed by atoms with Crippen LogP contribution in [0.2, 0.25) is 0 Å². The van der Waals surface area contributed by atoms with Gasteiger partial charge >= 0.3 is 0 Å². The van der Waals surface area contributed by atoms with Gasteiger partial charge in [-0.2, -0.15) is 0 Å². The average Bonchev–Trinajstić information content (AvgIpc) is 4.33. The molecule has 5 heteroatoms. The lowest BCUT2D eigenvalue weighted by Crippen LogP contribution is -2.49. The molecule has 5 aliphatic heterocycles. The fraction of sp³-hybridized carbons (Fsp3) is 0.250. The van der Waals surface area contributed by atoms with Crippen molar-refractivity contribution in [3.05, 3.63) is 244 Å². The molecule has 0 amide bonds. The number of pyridine rings is 1. The fourth-order valence-electron chi connectivity index (χ4n) is 15.2. The van der Waals surface area contributed by atoms with Crippen molar-refractivity contribution >= 4 is 33.8 Å². The Morgan fingerprint density at radius 2 is 1.07 bits per heavy atom. The van der Waals surface area contributed by atoms with Crippen LogP contribution in [0, 0.1) is 34.6 Å². The molecule has 0 saturated carbocycles. The lowest BCUT2D eigenvalue weighted by molar-refractivity contribution is -0.659. The molecule has 6 heterocycles. The molecule has 5 nitrogen and oxygen atoms in total. The molecule has 0 fully saturated rings. The van der Waals surface area contributed by atoms with Crippen LogP contribution in [0.1, 0.15) is 119 Å². The molecule has 0 spiro atoms. The number of para-hydroxylation sites is 1. The van der Waals surface area contributed by atoms with Crippen LogP contribution in [-0.2, 0) is 19.9 Å². The highest BCUT2D eigenvalue weighted by atomic mass is 15.4. The number of benzene rings is 8. The zero-order valence-electron chi connectivity index (χ0n) is 48.7. The molecular weight excluding hydrogens is 983 g/mol. The molecule has 402 valence electrons. The molecule has 2 atom stereocenters. The van der Waals surface area contributed by atoms with Crippen LogP contribution in [0.25, 0.3) is 78.2 Å². The lowest BCUT2D eigenvalue weighted by atomic mass is 9.75. The quantitative estimate of drug-likeness (QED) is 0.0895. The van der Waals surface area contributed by atoms with Gasteiger partial charge in [-0.25, -0.2) is 4.57 Å². The van der Waals surface area contributed by atoms with Crippen molar-refractivity contribution in [2.45, 2.75) is 111 Å². The van der Waals surface area contributed by atoms with Crippen LogP contribution in [0.15, 0.2) is 183 Å². The summed E-state index contributed by atoms with van der Waals surface area (Å²) in [4.78, 5) is 10.2. The Hall–Kier alpha value is -8.41. The second kappa shape index (κ2) is 19.7. The van der Waals surface area contributed by atoms with Gasteiger partial charge in [0.05, 0.1) is 27.9 Å². The van der Waals surface area contributed by atoms with E-state index in [9.17, 15) is 0 Å². The minimum absolute atomic E-state index is 0.0401. The third-order valence-electron chi connectivity index (χ3n) is 19.5. The standard InChI is InChI=1S/C76H74N5/c1-10-76(11-2)68(47-58-24-19-27-61-60-26-17-18-30-69(60)80-39-40-81(76)75(80)71(58)61)63-29-20-28-62-67-46-57(33-34-70(67)79-38-37-78(9)74(79)72(62)63)65-44-50(5)55(42-52(65)7)23-14-12-13-22-54-41-51(6)64(43-49(54)4)56-32-31-48(3)66(45-56)73-59-25-16-15-21-53(59)35-36-77(73)8/h15-21,24-47,74-75H,10-14,22-23H2,1-9H3/q+1. The number of nitrogens with zero attached hydrogens (tertiary/aromatic N) is 5. The largest absolute Gasteiger partial charge is 0.355 e. The van der Waals surface area contributed by atoms with Gasteiger partial charge in [-0.1, -0.05) is 136 Å². The second-order valence-corrected chi connectivity index (χ2v) is 24.0. The van der Waals surface area contributed by atoms with Crippen molar-refractivity contribution in [2.75, 3.05) is 16.8 Å². The molecule has 0 radical (unpaired) electrons. The summed E-state index contributed by atoms with van der Waals surface area (Å²) in [6, 6.07) is 58.2. The molecule has 0 bridgehead atoms. The van der Waals surface area contributed by atoms with Crippen molar-refractivity contribution in [1.29, 1.82) is 0 Å². The zero-order chi connectivity index (χ0) is 55.4. The molecule has 0 N–H and O–H groups in total. The normalized spacial score (nSPS) is 16.8. The van der Waals surface area contributed by atoms with Gasteiger partial charge in [0, 0.05) is 60.2 Å². The lowest BCUT2D eigenvalue weighted by Gasteiger charge is -2.49. The highest BCUT2D eigenvalue weighted by molar-refractivity contribution is 5.99. The third kappa shape index (κ3) is 7.97. The van der Waals surface area contributed by atoms with E-state index in [1.54, 1.807) is 0 Å². The van der Waals surface area contributed by atoms with Crippen molar-refractivity contribution < 1.29 is 4.57 Å². The molecule has 0 saturated heterocycles. The molecule has 9 aromatic rings. The molecule has 81 heavy (non-hydrogen) atoms. The maximum absolute atomic E-state index is 2.72. The molecule has 2 unspecified atom stereocenters. The number of anilines is 2. The van der Waals surface area contributed by atoms with Crippen LogP contribution in [0.4, 0.5) is 11.4 Å². The number of aryl methyl sites for hydroxylation is 8. The monoisotopic (exact) mass is 1060 g/mol. The average molecular weight is 1060 g/mol. The Bertz CT molecular complexity index is 4150. The Labute approximate surface area is 480 Å². The Kier molecular flexibility index (Phi) is 12.3. The maximum atomic E-state index is 2.72. The summed E-state index contributed by atoms with van der Waals surface area (Å²) < 4.78 is 2.27. The van der Waals surface area contributed by atoms with Crippen LogP contribution in [0.5, 0.6) is 0 Å². The second-order valence-electron chi connectivity index (χ2n) is 24.0. The highest BCUT2D eigenvalue weighted by Crippen LogP contribution is 2.59. The zero-order valence-corrected chi connectivity index (χ0v) is 48.7. The van der Waals surface area contributed by atoms with E-state index in [0.29, 0.717) is 0 Å². The summed E-state index contributed by atoms with van der Waals surface area (Å²) in [6.07, 6.45) is 22.0. The minimum Gasteiger partial charge on any atom is -0.355 e. The summed E-state index contributed by atoms with van der Waals surface area (Å²) in [5, 5.41) is 2.56. The van der Waals surface area contributed by atoms with Gasteiger partial charge in [0.25, 0.3) is 0 Å². The number of hydrogen-bond acceptors (Lipinski definition) is 4. The first-order chi connectivity index (χ1) is 39.5. The fourth-order valence-corrected chi connectivity index (χ4v) is 15.2. The molecule has 0 aliphatic carbocycles. The molecule has 14 rings (SSSR count). The van der Waals surface area contributed by atoms with E-state index in [0.717, 1.165) is 25.7 Å². The van der Waals surface area contributed by atoms with Crippen LogP contribution in [0.3, 0.4) is 0 Å². The Balaban J connectivity index is 0.720. The highest BCUT2D eigenvalue weighted by Gasteiger charge is 2.50. The first-order valence-corrected chi connectivity index (χ1v) is 29.8. The summed E-state index contributed by atoms with van der Waals surface area (Å²) in [7, 11) is 4.41. The summed E-state index contributed by atoms with van der Waals surface area (Å²) in [5.41, 5.74) is 31.9. The molecule has 5 aliphatic rings. The van der Waals surface area contributed by atoms with E-state index in [1.807, 2.05) is 0 Å². The minimum atomic E-state index is -0.251.